The topological polar surface area (TPSA) is 70.5 Å². The Kier molecular flexibility index (Phi) is 3.38. The van der Waals surface area contributed by atoms with Crippen molar-refractivity contribution in [3.63, 3.8) is 0 Å². The van der Waals surface area contributed by atoms with Crippen molar-refractivity contribution in [3.05, 3.63) is 16.6 Å². The van der Waals surface area contributed by atoms with E-state index in [4.69, 9.17) is 0 Å². The second-order valence-corrected chi connectivity index (χ2v) is 6.08. The maximum absolute atomic E-state index is 12.3. The minimum atomic E-state index is -0.933. The summed E-state index contributed by atoms with van der Waals surface area (Å²) < 4.78 is 0. The highest BCUT2D eigenvalue weighted by atomic mass is 32.1. The summed E-state index contributed by atoms with van der Waals surface area (Å²) in [4.78, 5) is 29.6. The summed E-state index contributed by atoms with van der Waals surface area (Å²) >= 11 is 1.24. The third-order valence-corrected chi connectivity index (χ3v) is 4.17. The fraction of sp³-hybridized carbons (Fsp3) is 0.583. The van der Waals surface area contributed by atoms with Crippen LogP contribution in [0.5, 0.6) is 0 Å². The molecule has 1 N–H and O–H groups in total. The molecule has 6 heteroatoms. The smallest absolute Gasteiger partial charge is 0.326 e. The van der Waals surface area contributed by atoms with Crippen LogP contribution >= 0.6 is 11.3 Å². The molecule has 0 radical (unpaired) electrons. The Morgan fingerprint density at radius 3 is 2.83 bits per heavy atom. The number of aromatic nitrogens is 1. The van der Waals surface area contributed by atoms with Crippen molar-refractivity contribution in [2.75, 3.05) is 6.54 Å². The average molecular weight is 268 g/mol. The van der Waals surface area contributed by atoms with Crippen molar-refractivity contribution in [2.45, 2.75) is 32.7 Å². The van der Waals surface area contributed by atoms with E-state index in [-0.39, 0.29) is 5.91 Å². The highest BCUT2D eigenvalue weighted by Crippen LogP contribution is 2.36. The molecule has 1 atom stereocenters. The Labute approximate surface area is 109 Å². The zero-order valence-electron chi connectivity index (χ0n) is 10.4. The highest BCUT2D eigenvalue weighted by Gasteiger charge is 2.44. The second kappa shape index (κ2) is 4.68. The Morgan fingerprint density at radius 1 is 1.56 bits per heavy atom. The van der Waals surface area contributed by atoms with Crippen LogP contribution in [0.1, 0.15) is 36.4 Å². The summed E-state index contributed by atoms with van der Waals surface area (Å²) in [6.45, 7) is 4.30. The normalized spacial score (nSPS) is 22.8. The Morgan fingerprint density at radius 2 is 2.28 bits per heavy atom. The Balaban J connectivity index is 2.30. The largest absolute Gasteiger partial charge is 0.480 e. The standard InChI is InChI=1S/C12H16N2O3S/c1-12(2)4-3-5-14(9(12)11(16)17)10(15)8-6-13-7-18-8/h6-7,9H,3-5H2,1-2H3,(H,16,17). The molecule has 1 aromatic rings. The van der Waals surface area contributed by atoms with Crippen LogP contribution in [0.3, 0.4) is 0 Å². The van der Waals surface area contributed by atoms with Crippen LogP contribution in [0.2, 0.25) is 0 Å². The first kappa shape index (κ1) is 13.0. The summed E-state index contributed by atoms with van der Waals surface area (Å²) in [6, 6.07) is -0.763. The molecule has 0 spiro atoms. The molecule has 1 unspecified atom stereocenters. The van der Waals surface area contributed by atoms with E-state index in [0.717, 1.165) is 12.8 Å². The van der Waals surface area contributed by atoms with Crippen molar-refractivity contribution in [2.24, 2.45) is 5.41 Å². The minimum Gasteiger partial charge on any atom is -0.480 e. The van der Waals surface area contributed by atoms with Crippen molar-refractivity contribution in [1.29, 1.82) is 0 Å². The maximum atomic E-state index is 12.3. The van der Waals surface area contributed by atoms with E-state index in [1.54, 1.807) is 5.51 Å². The number of hydrogen-bond acceptors (Lipinski definition) is 4. The van der Waals surface area contributed by atoms with Gasteiger partial charge in [-0.25, -0.2) is 4.79 Å². The van der Waals surface area contributed by atoms with Gasteiger partial charge in [-0.2, -0.15) is 0 Å². The lowest BCUT2D eigenvalue weighted by atomic mass is 9.76. The molecule has 0 saturated carbocycles. The van der Waals surface area contributed by atoms with Gasteiger partial charge in [0, 0.05) is 6.54 Å². The fourth-order valence-corrected chi connectivity index (χ4v) is 3.12. The van der Waals surface area contributed by atoms with Crippen LogP contribution in [0.15, 0.2) is 11.7 Å². The summed E-state index contributed by atoms with van der Waals surface area (Å²) in [7, 11) is 0. The number of carboxylic acid groups (broad SMARTS) is 1. The number of likely N-dealkylation sites (tertiary alicyclic amines) is 1. The van der Waals surface area contributed by atoms with E-state index in [1.807, 2.05) is 13.8 Å². The van der Waals surface area contributed by atoms with Crippen molar-refractivity contribution >= 4 is 23.2 Å². The van der Waals surface area contributed by atoms with Gasteiger partial charge in [-0.1, -0.05) is 13.8 Å². The van der Waals surface area contributed by atoms with E-state index in [1.165, 1.54) is 22.4 Å². The number of thiazole rings is 1. The van der Waals surface area contributed by atoms with Gasteiger partial charge in [-0.15, -0.1) is 11.3 Å². The van der Waals surface area contributed by atoms with Crippen LogP contribution in [0.25, 0.3) is 0 Å². The molecular formula is C12H16N2O3S. The van der Waals surface area contributed by atoms with Crippen molar-refractivity contribution in [1.82, 2.24) is 9.88 Å². The summed E-state index contributed by atoms with van der Waals surface area (Å²) in [5.41, 5.74) is 1.18. The van der Waals surface area contributed by atoms with Crippen LogP contribution in [-0.2, 0) is 4.79 Å². The molecule has 1 fully saturated rings. The number of carbonyl (C=O) groups is 2. The quantitative estimate of drug-likeness (QED) is 0.888. The lowest BCUT2D eigenvalue weighted by Gasteiger charge is -2.43. The molecule has 1 aliphatic rings. The van der Waals surface area contributed by atoms with Gasteiger partial charge in [-0.3, -0.25) is 9.78 Å². The first-order valence-corrected chi connectivity index (χ1v) is 6.74. The zero-order chi connectivity index (χ0) is 13.3. The molecule has 2 heterocycles. The molecule has 18 heavy (non-hydrogen) atoms. The molecule has 0 aromatic carbocycles. The third kappa shape index (κ3) is 2.25. The predicted octanol–water partition coefficient (Wildman–Crippen LogP) is 1.86. The molecule has 98 valence electrons. The van der Waals surface area contributed by atoms with E-state index in [0.29, 0.717) is 11.4 Å². The van der Waals surface area contributed by atoms with Crippen molar-refractivity contribution in [3.8, 4) is 0 Å². The number of nitrogens with zero attached hydrogens (tertiary/aromatic N) is 2. The van der Waals surface area contributed by atoms with Crippen LogP contribution in [0.4, 0.5) is 0 Å². The van der Waals surface area contributed by atoms with Crippen LogP contribution in [0, 0.1) is 5.41 Å². The highest BCUT2D eigenvalue weighted by molar-refractivity contribution is 7.11. The van der Waals surface area contributed by atoms with Gasteiger partial charge in [0.2, 0.25) is 0 Å². The van der Waals surface area contributed by atoms with Gasteiger partial charge >= 0.3 is 5.97 Å². The van der Waals surface area contributed by atoms with Crippen molar-refractivity contribution < 1.29 is 14.7 Å². The van der Waals surface area contributed by atoms with Gasteiger partial charge in [0.15, 0.2) is 0 Å². The zero-order valence-corrected chi connectivity index (χ0v) is 11.2. The van der Waals surface area contributed by atoms with Gasteiger partial charge in [0.1, 0.15) is 10.9 Å². The molecule has 1 amide bonds. The SMILES string of the molecule is CC1(C)CCCN(C(=O)c2cncs2)C1C(=O)O. The third-order valence-electron chi connectivity index (χ3n) is 3.41. The Bertz CT molecular complexity index is 456. The molecule has 2 rings (SSSR count). The number of amides is 1. The van der Waals surface area contributed by atoms with Crippen LogP contribution in [-0.4, -0.2) is 39.5 Å². The van der Waals surface area contributed by atoms with E-state index < -0.39 is 17.4 Å². The first-order chi connectivity index (χ1) is 8.43. The molecule has 1 aliphatic heterocycles. The monoisotopic (exact) mass is 268 g/mol. The van der Waals surface area contributed by atoms with Gasteiger partial charge in [0.25, 0.3) is 5.91 Å². The molecule has 0 aliphatic carbocycles. The van der Waals surface area contributed by atoms with Crippen LogP contribution < -0.4 is 0 Å². The second-order valence-electron chi connectivity index (χ2n) is 5.20. The molecule has 0 bridgehead atoms. The van der Waals surface area contributed by atoms with Gasteiger partial charge < -0.3 is 10.0 Å². The van der Waals surface area contributed by atoms with Gasteiger partial charge in [0.05, 0.1) is 11.7 Å². The fourth-order valence-electron chi connectivity index (χ4n) is 2.54. The summed E-state index contributed by atoms with van der Waals surface area (Å²) in [6.07, 6.45) is 3.14. The minimum absolute atomic E-state index is 0.224. The van der Waals surface area contributed by atoms with E-state index in [2.05, 4.69) is 4.98 Å². The lowest BCUT2D eigenvalue weighted by molar-refractivity contribution is -0.148. The number of aliphatic carboxylic acids is 1. The summed E-state index contributed by atoms with van der Waals surface area (Å²) in [5, 5.41) is 9.38. The van der Waals surface area contributed by atoms with E-state index in [9.17, 15) is 14.7 Å². The van der Waals surface area contributed by atoms with E-state index >= 15 is 0 Å². The number of carboxylic acids is 1. The average Bonchev–Trinajstić information content (AvgIpc) is 2.79. The first-order valence-electron chi connectivity index (χ1n) is 5.86. The number of rotatable bonds is 2. The molecular weight excluding hydrogens is 252 g/mol. The number of piperidine rings is 1. The number of hydrogen-bond donors (Lipinski definition) is 1. The predicted molar refractivity (Wildman–Crippen MR) is 67.6 cm³/mol. The van der Waals surface area contributed by atoms with Gasteiger partial charge in [-0.05, 0) is 18.3 Å². The maximum Gasteiger partial charge on any atom is 0.326 e. The lowest BCUT2D eigenvalue weighted by Crippen LogP contribution is -2.56. The Hall–Kier alpha value is -1.43. The summed E-state index contributed by atoms with van der Waals surface area (Å²) in [5.74, 6) is -1.16. The molecule has 1 aromatic heterocycles. The molecule has 5 nitrogen and oxygen atoms in total. The number of carbonyl (C=O) groups excluding carboxylic acids is 1. The molecule has 1 saturated heterocycles.